The van der Waals surface area contributed by atoms with Gasteiger partial charge in [-0.3, -0.25) is 0 Å². The molecule has 2 amide bonds. The third-order valence-electron chi connectivity index (χ3n) is 8.30. The molecule has 1 aromatic rings. The molecule has 3 heterocycles. The molecule has 0 aromatic carbocycles. The molecule has 2 aliphatic heterocycles. The standard InChI is InChI=1S/C25H36FN7O/c1-17-12-32(23-28-10-20(9-27)11-29-23)13-18(2)33(17)24(34)30-22-7-25(8-22)15-31(16-25)14-19-3-5-21(26)6-4-19/h10-11,17-19,21-22H,3-8,12-16H2,1-2H3,(H,30,34)/t17-,18+,19?,21?. The highest BCUT2D eigenvalue weighted by Gasteiger charge is 2.53. The average Bonchev–Trinajstić information content (AvgIpc) is 2.77. The van der Waals surface area contributed by atoms with Crippen molar-refractivity contribution >= 4 is 12.0 Å². The first-order valence-electron chi connectivity index (χ1n) is 12.8. The number of nitrogens with zero attached hydrogens (tertiary/aromatic N) is 6. The molecule has 2 aliphatic carbocycles. The largest absolute Gasteiger partial charge is 0.337 e. The Balaban J connectivity index is 1.06. The molecule has 184 valence electrons. The topological polar surface area (TPSA) is 88.4 Å². The summed E-state index contributed by atoms with van der Waals surface area (Å²) in [6.45, 7) is 8.83. The summed E-state index contributed by atoms with van der Waals surface area (Å²) in [7, 11) is 0. The first-order valence-corrected chi connectivity index (χ1v) is 12.8. The zero-order chi connectivity index (χ0) is 23.9. The Labute approximate surface area is 201 Å². The smallest absolute Gasteiger partial charge is 0.318 e. The van der Waals surface area contributed by atoms with Crippen LogP contribution in [0.15, 0.2) is 12.4 Å². The van der Waals surface area contributed by atoms with Gasteiger partial charge in [-0.25, -0.2) is 19.2 Å². The van der Waals surface area contributed by atoms with Crippen LogP contribution in [0.4, 0.5) is 15.1 Å². The van der Waals surface area contributed by atoms with Crippen molar-refractivity contribution in [3.63, 3.8) is 0 Å². The van der Waals surface area contributed by atoms with E-state index >= 15 is 0 Å². The number of piperazine rings is 1. The van der Waals surface area contributed by atoms with Crippen LogP contribution in [0.25, 0.3) is 0 Å². The molecular weight excluding hydrogens is 433 g/mol. The second kappa shape index (κ2) is 9.29. The van der Waals surface area contributed by atoms with Crippen molar-refractivity contribution in [2.24, 2.45) is 11.3 Å². The molecule has 1 spiro atoms. The number of urea groups is 1. The van der Waals surface area contributed by atoms with Crippen LogP contribution in [0.1, 0.15) is 57.9 Å². The molecule has 8 nitrogen and oxygen atoms in total. The Morgan fingerprint density at radius 3 is 2.35 bits per heavy atom. The Bertz CT molecular complexity index is 900. The molecule has 5 rings (SSSR count). The van der Waals surface area contributed by atoms with Gasteiger partial charge in [0, 0.05) is 50.8 Å². The number of nitrogens with one attached hydrogen (secondary N) is 1. The SMILES string of the molecule is C[C@@H]1CN(c2ncc(C#N)cn2)C[C@H](C)N1C(=O)NC1CC2(C1)CN(CC1CCC(F)CC1)C2. The highest BCUT2D eigenvalue weighted by molar-refractivity contribution is 5.76. The minimum Gasteiger partial charge on any atom is -0.337 e. The maximum absolute atomic E-state index is 13.4. The summed E-state index contributed by atoms with van der Waals surface area (Å²) in [6.07, 6.45) is 8.18. The first-order chi connectivity index (χ1) is 16.3. The van der Waals surface area contributed by atoms with Crippen molar-refractivity contribution < 1.29 is 9.18 Å². The number of carbonyl (C=O) groups excluding carboxylic acids is 1. The second-order valence-electron chi connectivity index (χ2n) is 11.2. The van der Waals surface area contributed by atoms with Crippen molar-refractivity contribution in [1.82, 2.24) is 25.1 Å². The number of halogens is 1. The molecule has 4 fully saturated rings. The van der Waals surface area contributed by atoms with Crippen LogP contribution in [0, 0.1) is 22.7 Å². The van der Waals surface area contributed by atoms with E-state index in [1.165, 1.54) is 0 Å². The van der Waals surface area contributed by atoms with Crippen LogP contribution < -0.4 is 10.2 Å². The van der Waals surface area contributed by atoms with Crippen LogP contribution in [0.2, 0.25) is 0 Å². The highest BCUT2D eigenvalue weighted by Crippen LogP contribution is 2.49. The van der Waals surface area contributed by atoms with E-state index in [9.17, 15) is 9.18 Å². The van der Waals surface area contributed by atoms with Gasteiger partial charge in [0.05, 0.1) is 18.0 Å². The summed E-state index contributed by atoms with van der Waals surface area (Å²) < 4.78 is 13.4. The van der Waals surface area contributed by atoms with Crippen LogP contribution in [-0.2, 0) is 0 Å². The van der Waals surface area contributed by atoms with Crippen molar-refractivity contribution in [2.75, 3.05) is 37.6 Å². The van der Waals surface area contributed by atoms with Gasteiger partial charge < -0.3 is 20.0 Å². The normalized spacial score (nSPS) is 31.5. The third kappa shape index (κ3) is 4.70. The summed E-state index contributed by atoms with van der Waals surface area (Å²) in [5.41, 5.74) is 0.831. The number of nitriles is 1. The van der Waals surface area contributed by atoms with Gasteiger partial charge in [-0.15, -0.1) is 0 Å². The predicted octanol–water partition coefficient (Wildman–Crippen LogP) is 2.95. The molecule has 0 unspecified atom stereocenters. The molecule has 4 aliphatic rings. The fourth-order valence-electron chi connectivity index (χ4n) is 6.72. The Morgan fingerprint density at radius 2 is 1.76 bits per heavy atom. The molecule has 2 atom stereocenters. The molecule has 0 radical (unpaired) electrons. The van der Waals surface area contributed by atoms with E-state index in [1.54, 1.807) is 12.4 Å². The molecule has 2 saturated carbocycles. The predicted molar refractivity (Wildman–Crippen MR) is 127 cm³/mol. The molecule has 2 saturated heterocycles. The summed E-state index contributed by atoms with van der Waals surface area (Å²) in [5, 5.41) is 12.2. The van der Waals surface area contributed by atoms with Crippen molar-refractivity contribution in [2.45, 2.75) is 76.7 Å². The molecule has 1 N–H and O–H groups in total. The van der Waals surface area contributed by atoms with Gasteiger partial charge in [0.1, 0.15) is 12.2 Å². The maximum atomic E-state index is 13.4. The van der Waals surface area contributed by atoms with E-state index in [-0.39, 0.29) is 24.2 Å². The minimum atomic E-state index is -0.576. The zero-order valence-electron chi connectivity index (χ0n) is 20.3. The molecule has 0 bridgehead atoms. The lowest BCUT2D eigenvalue weighted by atomic mass is 9.60. The number of amides is 2. The summed E-state index contributed by atoms with van der Waals surface area (Å²) in [5.74, 6) is 1.27. The van der Waals surface area contributed by atoms with E-state index < -0.39 is 6.17 Å². The van der Waals surface area contributed by atoms with Gasteiger partial charge in [0.2, 0.25) is 5.95 Å². The minimum absolute atomic E-state index is 0.0272. The lowest BCUT2D eigenvalue weighted by Gasteiger charge is -2.60. The number of anilines is 1. The lowest BCUT2D eigenvalue weighted by Crippen LogP contribution is -2.68. The van der Waals surface area contributed by atoms with E-state index in [4.69, 9.17) is 5.26 Å². The first kappa shape index (κ1) is 23.3. The van der Waals surface area contributed by atoms with Crippen molar-refractivity contribution in [3.05, 3.63) is 18.0 Å². The monoisotopic (exact) mass is 469 g/mol. The van der Waals surface area contributed by atoms with Crippen LogP contribution in [-0.4, -0.2) is 82.8 Å². The summed E-state index contributed by atoms with van der Waals surface area (Å²) in [4.78, 5) is 28.3. The zero-order valence-corrected chi connectivity index (χ0v) is 20.3. The molecule has 1 aromatic heterocycles. The van der Waals surface area contributed by atoms with E-state index in [0.29, 0.717) is 35.9 Å². The number of hydrogen-bond donors (Lipinski definition) is 1. The van der Waals surface area contributed by atoms with E-state index in [2.05, 4.69) is 38.9 Å². The molecule has 9 heteroatoms. The Kier molecular flexibility index (Phi) is 6.36. The summed E-state index contributed by atoms with van der Waals surface area (Å²) >= 11 is 0. The van der Waals surface area contributed by atoms with E-state index in [0.717, 1.165) is 58.2 Å². The number of hydrogen-bond acceptors (Lipinski definition) is 6. The van der Waals surface area contributed by atoms with Crippen molar-refractivity contribution in [3.8, 4) is 6.07 Å². The van der Waals surface area contributed by atoms with Crippen LogP contribution in [0.3, 0.4) is 0 Å². The number of rotatable bonds is 4. The van der Waals surface area contributed by atoms with Gasteiger partial charge in [-0.1, -0.05) is 0 Å². The Hall–Kier alpha value is -2.47. The third-order valence-corrected chi connectivity index (χ3v) is 8.30. The van der Waals surface area contributed by atoms with Gasteiger partial charge in [0.25, 0.3) is 0 Å². The molecular formula is C25H36FN7O. The number of carbonyl (C=O) groups is 1. The van der Waals surface area contributed by atoms with E-state index in [1.807, 2.05) is 11.0 Å². The Morgan fingerprint density at radius 1 is 1.15 bits per heavy atom. The lowest BCUT2D eigenvalue weighted by molar-refractivity contribution is -0.0851. The average molecular weight is 470 g/mol. The van der Waals surface area contributed by atoms with Crippen molar-refractivity contribution in [1.29, 1.82) is 5.26 Å². The second-order valence-corrected chi connectivity index (χ2v) is 11.2. The number of likely N-dealkylation sites (tertiary alicyclic amines) is 1. The maximum Gasteiger partial charge on any atom is 0.318 e. The van der Waals surface area contributed by atoms with Gasteiger partial charge in [0.15, 0.2) is 0 Å². The quantitative estimate of drug-likeness (QED) is 0.730. The van der Waals surface area contributed by atoms with Gasteiger partial charge >= 0.3 is 6.03 Å². The summed E-state index contributed by atoms with van der Waals surface area (Å²) in [6, 6.07) is 2.40. The van der Waals surface area contributed by atoms with Gasteiger partial charge in [-0.05, 0) is 63.7 Å². The van der Waals surface area contributed by atoms with Crippen LogP contribution in [0.5, 0.6) is 0 Å². The highest BCUT2D eigenvalue weighted by atomic mass is 19.1. The number of aromatic nitrogens is 2. The van der Waals surface area contributed by atoms with Gasteiger partial charge in [-0.2, -0.15) is 5.26 Å². The fourth-order valence-corrected chi connectivity index (χ4v) is 6.72. The molecule has 34 heavy (non-hydrogen) atoms. The fraction of sp³-hybridized carbons (Fsp3) is 0.760. The number of alkyl halides is 1. The van der Waals surface area contributed by atoms with Crippen LogP contribution >= 0.6 is 0 Å².